The van der Waals surface area contributed by atoms with E-state index < -0.39 is 0 Å². The maximum Gasteiger partial charge on any atom is 0.248 e. The van der Waals surface area contributed by atoms with Gasteiger partial charge >= 0.3 is 0 Å². The predicted molar refractivity (Wildman–Crippen MR) is 104 cm³/mol. The molecule has 1 aromatic heterocycles. The van der Waals surface area contributed by atoms with Gasteiger partial charge in [0.1, 0.15) is 6.54 Å². The van der Waals surface area contributed by atoms with Crippen molar-refractivity contribution >= 4 is 17.4 Å². The van der Waals surface area contributed by atoms with Gasteiger partial charge in [-0.15, -0.1) is 0 Å². The number of para-hydroxylation sites is 1. The molecule has 1 aliphatic heterocycles. The highest BCUT2D eigenvalue weighted by Crippen LogP contribution is 2.30. The Morgan fingerprint density at radius 3 is 2.58 bits per heavy atom. The minimum Gasteiger partial charge on any atom is -0.361 e. The van der Waals surface area contributed by atoms with Gasteiger partial charge in [-0.25, -0.2) is 0 Å². The highest BCUT2D eigenvalue weighted by Gasteiger charge is 2.25. The van der Waals surface area contributed by atoms with Crippen molar-refractivity contribution in [2.24, 2.45) is 0 Å². The van der Waals surface area contributed by atoms with Crippen LogP contribution in [0.1, 0.15) is 5.56 Å². The lowest BCUT2D eigenvalue weighted by Gasteiger charge is -2.17. The Hall–Kier alpha value is -3.08. The topological polar surface area (TPSA) is 41.4 Å². The van der Waals surface area contributed by atoms with Crippen LogP contribution in [0, 0.1) is 0 Å². The number of carbonyl (C=O) groups excluding carboxylic acids is 1. The lowest BCUT2D eigenvalue weighted by molar-refractivity contribution is -0.119. The first-order valence-corrected chi connectivity index (χ1v) is 8.82. The van der Waals surface area contributed by atoms with Crippen molar-refractivity contribution in [2.45, 2.75) is 13.0 Å². The summed E-state index contributed by atoms with van der Waals surface area (Å²) in [5, 5.41) is 4.65. The molecule has 1 aliphatic rings. The second kappa shape index (κ2) is 6.67. The van der Waals surface area contributed by atoms with Gasteiger partial charge < -0.3 is 9.80 Å². The van der Waals surface area contributed by atoms with Crippen LogP contribution in [-0.4, -0.2) is 36.3 Å². The molecule has 1 amide bonds. The van der Waals surface area contributed by atoms with Gasteiger partial charge in [0.2, 0.25) is 5.91 Å². The molecular weight excluding hydrogens is 324 g/mol. The first-order valence-electron chi connectivity index (χ1n) is 8.82. The van der Waals surface area contributed by atoms with E-state index in [2.05, 4.69) is 23.3 Å². The molecule has 5 heteroatoms. The molecule has 0 atom stereocenters. The SMILES string of the molecule is CN(C)c1nn(CC(=O)N2CCc3ccccc32)cc1-c1ccccc1. The summed E-state index contributed by atoms with van der Waals surface area (Å²) in [6.07, 6.45) is 2.88. The third-order valence-corrected chi connectivity index (χ3v) is 4.74. The number of hydrogen-bond donors (Lipinski definition) is 0. The Morgan fingerprint density at radius 2 is 1.81 bits per heavy atom. The fourth-order valence-electron chi connectivity index (χ4n) is 3.47. The second-order valence-electron chi connectivity index (χ2n) is 6.75. The maximum atomic E-state index is 12.9. The van der Waals surface area contributed by atoms with Gasteiger partial charge in [0.25, 0.3) is 0 Å². The number of benzene rings is 2. The van der Waals surface area contributed by atoms with Crippen LogP contribution >= 0.6 is 0 Å². The minimum atomic E-state index is 0.0716. The number of aromatic nitrogens is 2. The quantitative estimate of drug-likeness (QED) is 0.728. The molecule has 132 valence electrons. The van der Waals surface area contributed by atoms with Crippen molar-refractivity contribution in [2.75, 3.05) is 30.4 Å². The zero-order valence-electron chi connectivity index (χ0n) is 15.1. The molecule has 0 aliphatic carbocycles. The molecule has 0 N–H and O–H groups in total. The van der Waals surface area contributed by atoms with E-state index in [1.165, 1.54) is 5.56 Å². The lowest BCUT2D eigenvalue weighted by Crippen LogP contribution is -2.32. The Bertz CT molecular complexity index is 930. The van der Waals surface area contributed by atoms with Gasteiger partial charge in [-0.1, -0.05) is 48.5 Å². The number of hydrogen-bond acceptors (Lipinski definition) is 3. The van der Waals surface area contributed by atoms with Gasteiger partial charge in [-0.2, -0.15) is 5.10 Å². The van der Waals surface area contributed by atoms with Crippen LogP contribution < -0.4 is 9.80 Å². The van der Waals surface area contributed by atoms with Gasteiger partial charge in [-0.3, -0.25) is 9.48 Å². The van der Waals surface area contributed by atoms with Crippen LogP contribution in [0.25, 0.3) is 11.1 Å². The molecule has 3 aromatic rings. The molecule has 0 fully saturated rings. The number of amides is 1. The van der Waals surface area contributed by atoms with E-state index in [1.54, 1.807) is 4.68 Å². The van der Waals surface area contributed by atoms with Crippen molar-refractivity contribution in [3.8, 4) is 11.1 Å². The third-order valence-electron chi connectivity index (χ3n) is 4.74. The van der Waals surface area contributed by atoms with Gasteiger partial charge in [0, 0.05) is 38.1 Å². The molecule has 0 saturated heterocycles. The van der Waals surface area contributed by atoms with Crippen molar-refractivity contribution in [1.82, 2.24) is 9.78 Å². The lowest BCUT2D eigenvalue weighted by atomic mass is 10.1. The van der Waals surface area contributed by atoms with Crippen LogP contribution in [0.3, 0.4) is 0 Å². The monoisotopic (exact) mass is 346 g/mol. The molecule has 0 saturated carbocycles. The number of rotatable bonds is 4. The summed E-state index contributed by atoms with van der Waals surface area (Å²) in [6.45, 7) is 0.980. The number of anilines is 2. The largest absolute Gasteiger partial charge is 0.361 e. The molecule has 4 rings (SSSR count). The highest BCUT2D eigenvalue weighted by atomic mass is 16.2. The third kappa shape index (κ3) is 2.96. The first-order chi connectivity index (χ1) is 12.6. The summed E-state index contributed by atoms with van der Waals surface area (Å²) >= 11 is 0. The van der Waals surface area contributed by atoms with E-state index in [0.717, 1.165) is 35.6 Å². The van der Waals surface area contributed by atoms with E-state index in [4.69, 9.17) is 0 Å². The van der Waals surface area contributed by atoms with Crippen LogP contribution in [0.4, 0.5) is 11.5 Å². The zero-order valence-corrected chi connectivity index (χ0v) is 15.1. The number of nitrogens with zero attached hydrogens (tertiary/aromatic N) is 4. The predicted octanol–water partition coefficient (Wildman–Crippen LogP) is 3.21. The summed E-state index contributed by atoms with van der Waals surface area (Å²) in [6, 6.07) is 18.3. The van der Waals surface area contributed by atoms with Crippen molar-refractivity contribution in [1.29, 1.82) is 0 Å². The first kappa shape index (κ1) is 16.4. The fourth-order valence-corrected chi connectivity index (χ4v) is 3.47. The molecule has 0 unspecified atom stereocenters. The second-order valence-corrected chi connectivity index (χ2v) is 6.75. The smallest absolute Gasteiger partial charge is 0.248 e. The standard InChI is InChI=1S/C21H22N4O/c1-23(2)21-18(16-8-4-3-5-9-16)14-24(22-21)15-20(26)25-13-12-17-10-6-7-11-19(17)25/h3-11,14H,12-13,15H2,1-2H3. The van der Waals surface area contributed by atoms with Gasteiger partial charge in [0.05, 0.1) is 0 Å². The minimum absolute atomic E-state index is 0.0716. The summed E-state index contributed by atoms with van der Waals surface area (Å²) in [4.78, 5) is 16.7. The van der Waals surface area contributed by atoms with Crippen molar-refractivity contribution < 1.29 is 4.79 Å². The summed E-state index contributed by atoms with van der Waals surface area (Å²) in [5.74, 6) is 0.938. The molecule has 2 aromatic carbocycles. The van der Waals surface area contributed by atoms with Crippen LogP contribution in [0.5, 0.6) is 0 Å². The molecule has 2 heterocycles. The van der Waals surface area contributed by atoms with Gasteiger partial charge in [0.15, 0.2) is 5.82 Å². The Labute approximate surface area is 153 Å². The van der Waals surface area contributed by atoms with Crippen molar-refractivity contribution in [3.05, 3.63) is 66.4 Å². The fraction of sp³-hybridized carbons (Fsp3) is 0.238. The van der Waals surface area contributed by atoms with Crippen molar-refractivity contribution in [3.63, 3.8) is 0 Å². The molecule has 0 bridgehead atoms. The number of carbonyl (C=O) groups is 1. The van der Waals surface area contributed by atoms with Crippen LogP contribution in [0.2, 0.25) is 0 Å². The van der Waals surface area contributed by atoms with E-state index in [0.29, 0.717) is 0 Å². The number of fused-ring (bicyclic) bond motifs is 1. The zero-order chi connectivity index (χ0) is 18.1. The normalized spacial score (nSPS) is 12.9. The van der Waals surface area contributed by atoms with E-state index >= 15 is 0 Å². The summed E-state index contributed by atoms with van der Waals surface area (Å²) in [7, 11) is 3.94. The van der Waals surface area contributed by atoms with Crippen LogP contribution in [-0.2, 0) is 17.8 Å². The Kier molecular flexibility index (Phi) is 4.21. The van der Waals surface area contributed by atoms with Crippen LogP contribution in [0.15, 0.2) is 60.8 Å². The Balaban J connectivity index is 1.60. The molecule has 0 radical (unpaired) electrons. The molecule has 0 spiro atoms. The molecule has 26 heavy (non-hydrogen) atoms. The summed E-state index contributed by atoms with van der Waals surface area (Å²) < 4.78 is 1.75. The average Bonchev–Trinajstić information content (AvgIpc) is 3.26. The Morgan fingerprint density at radius 1 is 1.08 bits per heavy atom. The van der Waals surface area contributed by atoms with E-state index in [1.807, 2.05) is 66.5 Å². The molecular formula is C21H22N4O. The van der Waals surface area contributed by atoms with E-state index in [9.17, 15) is 4.79 Å². The average molecular weight is 346 g/mol. The van der Waals surface area contributed by atoms with Gasteiger partial charge in [-0.05, 0) is 23.6 Å². The summed E-state index contributed by atoms with van der Waals surface area (Å²) in [5.41, 5.74) is 4.40. The maximum absolute atomic E-state index is 12.9. The van der Waals surface area contributed by atoms with E-state index in [-0.39, 0.29) is 12.5 Å². The molecule has 5 nitrogen and oxygen atoms in total. The highest BCUT2D eigenvalue weighted by molar-refractivity contribution is 5.95.